The zero-order chi connectivity index (χ0) is 13.5. The molecule has 1 atom stereocenters. The fourth-order valence-corrected chi connectivity index (χ4v) is 1.45. The van der Waals surface area contributed by atoms with E-state index in [1.165, 1.54) is 11.8 Å². The Morgan fingerprint density at radius 3 is 2.44 bits per heavy atom. The molecule has 18 heavy (non-hydrogen) atoms. The molecule has 1 aromatic rings. The highest BCUT2D eigenvalue weighted by Gasteiger charge is 2.12. The number of thioether (sulfide) groups is 1. The van der Waals surface area contributed by atoms with Crippen LogP contribution in [0.3, 0.4) is 0 Å². The first kappa shape index (κ1) is 14.5. The van der Waals surface area contributed by atoms with Gasteiger partial charge in [0.1, 0.15) is 0 Å². The van der Waals surface area contributed by atoms with Gasteiger partial charge in [0, 0.05) is 13.1 Å². The third kappa shape index (κ3) is 4.36. The normalized spacial score (nSPS) is 11.9. The molecule has 0 aliphatic carbocycles. The summed E-state index contributed by atoms with van der Waals surface area (Å²) < 4.78 is 0. The molecule has 0 saturated heterocycles. The Morgan fingerprint density at radius 2 is 1.94 bits per heavy atom. The van der Waals surface area contributed by atoms with Crippen LogP contribution in [0.25, 0.3) is 0 Å². The molecule has 0 fully saturated rings. The van der Waals surface area contributed by atoms with E-state index in [2.05, 4.69) is 25.6 Å². The van der Waals surface area contributed by atoms with Crippen molar-refractivity contribution in [1.29, 1.82) is 0 Å². The second-order valence-electron chi connectivity index (χ2n) is 3.62. The Balaban J connectivity index is 2.74. The van der Waals surface area contributed by atoms with Crippen molar-refractivity contribution in [2.45, 2.75) is 19.0 Å². The van der Waals surface area contributed by atoms with E-state index >= 15 is 0 Å². The van der Waals surface area contributed by atoms with Crippen LogP contribution >= 0.6 is 11.8 Å². The van der Waals surface area contributed by atoms with E-state index in [4.69, 9.17) is 5.11 Å². The van der Waals surface area contributed by atoms with Crippen molar-refractivity contribution in [2.75, 3.05) is 30.0 Å². The summed E-state index contributed by atoms with van der Waals surface area (Å²) in [5, 5.41) is 15.3. The topological polar surface area (TPSA) is 100 Å². The van der Waals surface area contributed by atoms with E-state index in [0.29, 0.717) is 23.6 Å². The van der Waals surface area contributed by atoms with Crippen molar-refractivity contribution in [3.05, 3.63) is 0 Å². The van der Waals surface area contributed by atoms with E-state index < -0.39 is 11.9 Å². The van der Waals surface area contributed by atoms with Crippen molar-refractivity contribution in [1.82, 2.24) is 15.0 Å². The van der Waals surface area contributed by atoms with E-state index in [0.717, 1.165) is 0 Å². The highest BCUT2D eigenvalue weighted by molar-refractivity contribution is 7.98. The number of aromatic nitrogens is 3. The van der Waals surface area contributed by atoms with Gasteiger partial charge in [0.25, 0.3) is 0 Å². The molecular weight excluding hydrogens is 254 g/mol. The molecule has 1 rings (SSSR count). The third-order valence-electron chi connectivity index (χ3n) is 2.12. The molecule has 0 amide bonds. The zero-order valence-electron chi connectivity index (χ0n) is 10.6. The third-order valence-corrected chi connectivity index (χ3v) is 2.67. The van der Waals surface area contributed by atoms with Gasteiger partial charge in [-0.15, -0.1) is 0 Å². The Morgan fingerprint density at radius 1 is 1.33 bits per heavy atom. The lowest BCUT2D eigenvalue weighted by molar-refractivity contribution is -0.140. The number of hydrogen-bond donors (Lipinski definition) is 3. The van der Waals surface area contributed by atoms with Crippen LogP contribution < -0.4 is 10.6 Å². The molecule has 1 aromatic heterocycles. The van der Waals surface area contributed by atoms with Crippen molar-refractivity contribution in [3.8, 4) is 0 Å². The molecule has 0 aliphatic rings. The number of rotatable bonds is 7. The maximum atomic E-state index is 10.7. The minimum absolute atomic E-state index is 0.277. The number of aliphatic carboxylic acids is 1. The Bertz CT molecular complexity index is 415. The number of hydrogen-bond acceptors (Lipinski definition) is 7. The monoisotopic (exact) mass is 271 g/mol. The van der Waals surface area contributed by atoms with Crippen LogP contribution in [0.5, 0.6) is 0 Å². The summed E-state index contributed by atoms with van der Waals surface area (Å²) >= 11 is 1.41. The summed E-state index contributed by atoms with van der Waals surface area (Å²) in [6.07, 6.45) is 1.87. The summed E-state index contributed by atoms with van der Waals surface area (Å²) in [7, 11) is 0. The lowest BCUT2D eigenvalue weighted by Gasteiger charge is -2.10. The maximum Gasteiger partial charge on any atom is 0.308 e. The van der Waals surface area contributed by atoms with Gasteiger partial charge in [0.15, 0.2) is 5.16 Å². The molecule has 0 spiro atoms. The lowest BCUT2D eigenvalue weighted by atomic mass is 10.2. The summed E-state index contributed by atoms with van der Waals surface area (Å²) in [6.45, 7) is 4.56. The van der Waals surface area contributed by atoms with Crippen molar-refractivity contribution >= 4 is 29.6 Å². The van der Waals surface area contributed by atoms with Crippen LogP contribution in [0, 0.1) is 5.92 Å². The minimum Gasteiger partial charge on any atom is -0.481 e. The molecule has 8 heteroatoms. The van der Waals surface area contributed by atoms with E-state index in [-0.39, 0.29) is 6.54 Å². The Kier molecular flexibility index (Phi) is 5.63. The number of nitrogens with zero attached hydrogens (tertiary/aromatic N) is 3. The van der Waals surface area contributed by atoms with Gasteiger partial charge in [0.2, 0.25) is 11.9 Å². The van der Waals surface area contributed by atoms with E-state index in [1.807, 2.05) is 13.2 Å². The predicted molar refractivity (Wildman–Crippen MR) is 71.1 cm³/mol. The highest BCUT2D eigenvalue weighted by Crippen LogP contribution is 2.13. The van der Waals surface area contributed by atoms with Gasteiger partial charge in [-0.2, -0.15) is 15.0 Å². The summed E-state index contributed by atoms with van der Waals surface area (Å²) in [6, 6.07) is 0. The smallest absolute Gasteiger partial charge is 0.308 e. The quantitative estimate of drug-likeness (QED) is 0.635. The van der Waals surface area contributed by atoms with Crippen LogP contribution in [0.2, 0.25) is 0 Å². The van der Waals surface area contributed by atoms with Crippen LogP contribution in [-0.4, -0.2) is 45.4 Å². The van der Waals surface area contributed by atoms with Gasteiger partial charge < -0.3 is 15.7 Å². The molecular formula is C10H17N5O2S. The molecule has 0 aliphatic heterocycles. The number of carboxylic acid groups (broad SMARTS) is 1. The van der Waals surface area contributed by atoms with Gasteiger partial charge >= 0.3 is 5.97 Å². The average Bonchev–Trinajstić information content (AvgIpc) is 2.35. The second-order valence-corrected chi connectivity index (χ2v) is 4.39. The molecule has 100 valence electrons. The molecule has 0 saturated carbocycles. The molecule has 0 aromatic carbocycles. The number of carboxylic acids is 1. The van der Waals surface area contributed by atoms with Crippen LogP contribution in [0.1, 0.15) is 13.8 Å². The molecule has 7 nitrogen and oxygen atoms in total. The largest absolute Gasteiger partial charge is 0.481 e. The summed E-state index contributed by atoms with van der Waals surface area (Å²) in [5.41, 5.74) is 0. The minimum atomic E-state index is -0.853. The zero-order valence-corrected chi connectivity index (χ0v) is 11.4. The van der Waals surface area contributed by atoms with Gasteiger partial charge in [0.05, 0.1) is 5.92 Å². The van der Waals surface area contributed by atoms with E-state index in [9.17, 15) is 4.79 Å². The Labute approximate surface area is 110 Å². The fourth-order valence-electron chi connectivity index (χ4n) is 1.10. The highest BCUT2D eigenvalue weighted by atomic mass is 32.2. The van der Waals surface area contributed by atoms with Crippen molar-refractivity contribution in [2.24, 2.45) is 5.92 Å². The van der Waals surface area contributed by atoms with Crippen molar-refractivity contribution < 1.29 is 9.90 Å². The number of anilines is 2. The summed E-state index contributed by atoms with van der Waals surface area (Å²) in [4.78, 5) is 23.2. The maximum absolute atomic E-state index is 10.7. The molecule has 0 bridgehead atoms. The van der Waals surface area contributed by atoms with Gasteiger partial charge in [-0.25, -0.2) is 0 Å². The van der Waals surface area contributed by atoms with Crippen LogP contribution in [-0.2, 0) is 4.79 Å². The SMILES string of the molecule is CCNc1nc(NCC(C)C(=O)O)nc(SC)n1. The van der Waals surface area contributed by atoms with Gasteiger partial charge in [-0.05, 0) is 13.2 Å². The first-order valence-corrected chi connectivity index (χ1v) is 6.79. The standard InChI is InChI=1S/C10H17N5O2S/c1-4-11-8-13-9(15-10(14-8)18-3)12-5-6(2)7(16)17/h6H,4-5H2,1-3H3,(H,16,17)(H2,11,12,13,14,15). The Hall–Kier alpha value is -1.57. The molecule has 3 N–H and O–H groups in total. The molecule has 1 heterocycles. The molecule has 0 radical (unpaired) electrons. The van der Waals surface area contributed by atoms with Gasteiger partial charge in [-0.1, -0.05) is 18.7 Å². The number of nitrogens with one attached hydrogen (secondary N) is 2. The number of carbonyl (C=O) groups is 1. The van der Waals surface area contributed by atoms with Gasteiger partial charge in [-0.3, -0.25) is 4.79 Å². The lowest BCUT2D eigenvalue weighted by Crippen LogP contribution is -2.21. The second kappa shape index (κ2) is 7.00. The van der Waals surface area contributed by atoms with Crippen LogP contribution in [0.4, 0.5) is 11.9 Å². The van der Waals surface area contributed by atoms with E-state index in [1.54, 1.807) is 6.92 Å². The molecule has 1 unspecified atom stereocenters. The van der Waals surface area contributed by atoms with Crippen molar-refractivity contribution in [3.63, 3.8) is 0 Å². The predicted octanol–water partition coefficient (Wildman–Crippen LogP) is 1.16. The van der Waals surface area contributed by atoms with Crippen LogP contribution in [0.15, 0.2) is 5.16 Å². The fraction of sp³-hybridized carbons (Fsp3) is 0.600. The first-order chi connectivity index (χ1) is 8.56. The first-order valence-electron chi connectivity index (χ1n) is 5.57. The summed E-state index contributed by atoms with van der Waals surface area (Å²) in [5.74, 6) is -0.476. The average molecular weight is 271 g/mol.